The first kappa shape index (κ1) is 23.6. The lowest BCUT2D eigenvalue weighted by Crippen LogP contribution is -2.36. The van der Waals surface area contributed by atoms with Gasteiger partial charge in [-0.15, -0.1) is 0 Å². The Morgan fingerprint density at radius 3 is 2.26 bits per heavy atom. The molecule has 1 saturated heterocycles. The Hall–Kier alpha value is -3.53. The molecule has 1 aliphatic heterocycles. The average Bonchev–Trinajstić information content (AvgIpc) is 3.16. The van der Waals surface area contributed by atoms with Gasteiger partial charge in [0.1, 0.15) is 42.1 Å². The molecule has 0 unspecified atom stereocenters. The van der Waals surface area contributed by atoms with E-state index in [9.17, 15) is 22.8 Å². The number of aromatic amines is 1. The van der Waals surface area contributed by atoms with Gasteiger partial charge in [-0.3, -0.25) is 14.3 Å². The summed E-state index contributed by atoms with van der Waals surface area (Å²) in [6.45, 7) is 3.79. The molecule has 2 heterocycles. The fourth-order valence-electron chi connectivity index (χ4n) is 3.79. The van der Waals surface area contributed by atoms with Crippen molar-refractivity contribution in [2.75, 3.05) is 6.61 Å². The topological polar surface area (TPSA) is 82.5 Å². The van der Waals surface area contributed by atoms with Gasteiger partial charge < -0.3 is 14.2 Å². The Balaban J connectivity index is 1.63. The summed E-state index contributed by atoms with van der Waals surface area (Å²) in [5.41, 5.74) is -2.21. The molecule has 4 rings (SSSR count). The van der Waals surface area contributed by atoms with Gasteiger partial charge in [-0.05, 0) is 37.1 Å². The Morgan fingerprint density at radius 1 is 1.03 bits per heavy atom. The zero-order valence-corrected chi connectivity index (χ0v) is 18.5. The van der Waals surface area contributed by atoms with Crippen LogP contribution in [0.3, 0.4) is 0 Å². The first-order valence-electron chi connectivity index (χ1n) is 10.6. The van der Waals surface area contributed by atoms with Crippen LogP contribution in [0.15, 0.2) is 64.3 Å². The van der Waals surface area contributed by atoms with Gasteiger partial charge in [0.2, 0.25) is 0 Å². The molecule has 7 nitrogen and oxygen atoms in total. The highest BCUT2D eigenvalue weighted by molar-refractivity contribution is 5.33. The molecule has 10 heteroatoms. The predicted molar refractivity (Wildman–Crippen MR) is 117 cm³/mol. The zero-order chi connectivity index (χ0) is 24.5. The largest absolute Gasteiger partial charge is 0.490 e. The SMILES string of the molecule is Cc1ccccc1OC[C@H]1O[C@@H](n2cc(C(F)(F)F)c(=O)[nH]c2=O)C[C@@H]1Oc1ccccc1C. The summed E-state index contributed by atoms with van der Waals surface area (Å²) >= 11 is 0. The monoisotopic (exact) mass is 476 g/mol. The number of ether oxygens (including phenoxy) is 3. The summed E-state index contributed by atoms with van der Waals surface area (Å²) in [4.78, 5) is 25.7. The third kappa shape index (κ3) is 5.01. The Bertz CT molecular complexity index is 1280. The van der Waals surface area contributed by atoms with E-state index in [1.54, 1.807) is 23.2 Å². The minimum atomic E-state index is -4.92. The lowest BCUT2D eigenvalue weighted by Gasteiger charge is -2.21. The van der Waals surface area contributed by atoms with Crippen LogP contribution < -0.4 is 20.7 Å². The summed E-state index contributed by atoms with van der Waals surface area (Å²) in [5, 5.41) is 0. The van der Waals surface area contributed by atoms with E-state index in [-0.39, 0.29) is 13.0 Å². The van der Waals surface area contributed by atoms with Gasteiger partial charge in [0, 0.05) is 12.6 Å². The fraction of sp³-hybridized carbons (Fsp3) is 0.333. The van der Waals surface area contributed by atoms with Crippen LogP contribution in [0.2, 0.25) is 0 Å². The highest BCUT2D eigenvalue weighted by Gasteiger charge is 2.41. The number of nitrogens with zero attached hydrogens (tertiary/aromatic N) is 1. The highest BCUT2D eigenvalue weighted by atomic mass is 19.4. The number of nitrogens with one attached hydrogen (secondary N) is 1. The van der Waals surface area contributed by atoms with Crippen LogP contribution >= 0.6 is 0 Å². The molecular formula is C24H23F3N2O5. The number of H-pyrrole nitrogens is 1. The van der Waals surface area contributed by atoms with Gasteiger partial charge in [-0.1, -0.05) is 36.4 Å². The van der Waals surface area contributed by atoms with Gasteiger partial charge in [-0.25, -0.2) is 4.79 Å². The molecule has 2 aromatic carbocycles. The highest BCUT2D eigenvalue weighted by Crippen LogP contribution is 2.34. The molecule has 1 N–H and O–H groups in total. The second-order valence-corrected chi connectivity index (χ2v) is 8.07. The minimum absolute atomic E-state index is 0.0438. The van der Waals surface area contributed by atoms with E-state index in [1.807, 2.05) is 44.2 Å². The second kappa shape index (κ2) is 9.38. The van der Waals surface area contributed by atoms with Crippen LogP contribution in [0.4, 0.5) is 13.2 Å². The second-order valence-electron chi connectivity index (χ2n) is 8.07. The van der Waals surface area contributed by atoms with E-state index in [0.717, 1.165) is 15.7 Å². The Kier molecular flexibility index (Phi) is 6.52. The van der Waals surface area contributed by atoms with E-state index < -0.39 is 41.4 Å². The Labute approximate surface area is 192 Å². The molecule has 34 heavy (non-hydrogen) atoms. The molecule has 0 bridgehead atoms. The molecule has 0 aliphatic carbocycles. The fourth-order valence-corrected chi connectivity index (χ4v) is 3.79. The van der Waals surface area contributed by atoms with Crippen LogP contribution in [-0.2, 0) is 10.9 Å². The average molecular weight is 476 g/mol. The molecule has 0 saturated carbocycles. The third-order valence-electron chi connectivity index (χ3n) is 5.63. The summed E-state index contributed by atoms with van der Waals surface area (Å²) in [6, 6.07) is 14.7. The van der Waals surface area contributed by atoms with Gasteiger partial charge in [0.25, 0.3) is 5.56 Å². The van der Waals surface area contributed by atoms with Gasteiger partial charge in [0.15, 0.2) is 0 Å². The predicted octanol–water partition coefficient (Wildman–Crippen LogP) is 3.99. The van der Waals surface area contributed by atoms with Crippen molar-refractivity contribution in [1.29, 1.82) is 0 Å². The number of benzene rings is 2. The van der Waals surface area contributed by atoms with Crippen molar-refractivity contribution in [3.05, 3.63) is 92.3 Å². The summed E-state index contributed by atoms with van der Waals surface area (Å²) in [6.07, 6.45) is -6.78. The minimum Gasteiger partial charge on any atom is -0.490 e. The van der Waals surface area contributed by atoms with Gasteiger partial charge in [-0.2, -0.15) is 13.2 Å². The molecule has 0 radical (unpaired) electrons. The third-order valence-corrected chi connectivity index (χ3v) is 5.63. The van der Waals surface area contributed by atoms with Crippen LogP contribution in [0, 0.1) is 13.8 Å². The van der Waals surface area contributed by atoms with Crippen LogP contribution in [0.5, 0.6) is 11.5 Å². The molecule has 0 spiro atoms. The van der Waals surface area contributed by atoms with Crippen molar-refractivity contribution in [3.8, 4) is 11.5 Å². The lowest BCUT2D eigenvalue weighted by molar-refractivity contribution is -0.139. The number of rotatable bonds is 6. The molecule has 180 valence electrons. The van der Waals surface area contributed by atoms with E-state index in [1.165, 1.54) is 0 Å². The smallest absolute Gasteiger partial charge is 0.423 e. The van der Waals surface area contributed by atoms with Crippen molar-refractivity contribution in [3.63, 3.8) is 0 Å². The van der Waals surface area contributed by atoms with Gasteiger partial charge in [0.05, 0.1) is 0 Å². The molecule has 1 aromatic heterocycles. The maximum atomic E-state index is 13.3. The van der Waals surface area contributed by atoms with Crippen molar-refractivity contribution >= 4 is 0 Å². The summed E-state index contributed by atoms with van der Waals surface area (Å²) in [5.74, 6) is 1.21. The number of para-hydroxylation sites is 2. The number of aryl methyl sites for hydroxylation is 2. The molecule has 1 aliphatic rings. The standard InChI is InChI=1S/C24H23F3N2O5/c1-14-7-3-5-9-17(14)32-13-20-19(33-18-10-6-4-8-15(18)2)11-21(34-20)29-12-16(24(25,26)27)22(30)28-23(29)31/h3-10,12,19-21H,11,13H2,1-2H3,(H,28,30,31)/t19-,20+,21+/m0/s1. The first-order valence-corrected chi connectivity index (χ1v) is 10.6. The zero-order valence-electron chi connectivity index (χ0n) is 18.5. The number of aromatic nitrogens is 2. The number of alkyl halides is 3. The van der Waals surface area contributed by atoms with E-state index in [0.29, 0.717) is 17.7 Å². The molecule has 1 fully saturated rings. The quantitative estimate of drug-likeness (QED) is 0.582. The molecule has 3 atom stereocenters. The maximum absolute atomic E-state index is 13.3. The van der Waals surface area contributed by atoms with Crippen LogP contribution in [-0.4, -0.2) is 28.4 Å². The normalized spacial score (nSPS) is 20.3. The van der Waals surface area contributed by atoms with E-state index >= 15 is 0 Å². The van der Waals surface area contributed by atoms with E-state index in [4.69, 9.17) is 14.2 Å². The Morgan fingerprint density at radius 2 is 1.65 bits per heavy atom. The molecular weight excluding hydrogens is 453 g/mol. The number of halogens is 3. The van der Waals surface area contributed by atoms with E-state index in [2.05, 4.69) is 0 Å². The van der Waals surface area contributed by atoms with Crippen LogP contribution in [0.1, 0.15) is 29.3 Å². The summed E-state index contributed by atoms with van der Waals surface area (Å²) in [7, 11) is 0. The maximum Gasteiger partial charge on any atom is 0.423 e. The van der Waals surface area contributed by atoms with Crippen LogP contribution in [0.25, 0.3) is 0 Å². The summed E-state index contributed by atoms with van der Waals surface area (Å²) < 4.78 is 58.5. The van der Waals surface area contributed by atoms with Crippen molar-refractivity contribution in [1.82, 2.24) is 9.55 Å². The molecule has 3 aromatic rings. The molecule has 0 amide bonds. The number of hydrogen-bond donors (Lipinski definition) is 1. The van der Waals surface area contributed by atoms with Crippen molar-refractivity contribution < 1.29 is 27.4 Å². The first-order chi connectivity index (χ1) is 16.1. The number of hydrogen-bond acceptors (Lipinski definition) is 5. The van der Waals surface area contributed by atoms with Crippen molar-refractivity contribution in [2.45, 2.75) is 44.9 Å². The van der Waals surface area contributed by atoms with Gasteiger partial charge >= 0.3 is 11.9 Å². The van der Waals surface area contributed by atoms with Crippen molar-refractivity contribution in [2.24, 2.45) is 0 Å². The lowest BCUT2D eigenvalue weighted by atomic mass is 10.1.